The van der Waals surface area contributed by atoms with E-state index in [4.69, 9.17) is 21.1 Å². The number of carbonyl (C=O) groups is 2. The molecule has 8 nitrogen and oxygen atoms in total. The average Bonchev–Trinajstić information content (AvgIpc) is 2.84. The Bertz CT molecular complexity index is 1060. The van der Waals surface area contributed by atoms with Crippen LogP contribution in [-0.2, 0) is 9.53 Å². The maximum absolute atomic E-state index is 12.8. The summed E-state index contributed by atoms with van der Waals surface area (Å²) in [5.41, 5.74) is 2.84. The molecule has 0 aromatic heterocycles. The molecule has 1 atom stereocenters. The van der Waals surface area contributed by atoms with Crippen LogP contribution in [0.1, 0.15) is 18.5 Å². The lowest BCUT2D eigenvalue weighted by Crippen LogP contribution is -2.51. The molecule has 2 aromatic carbocycles. The predicted octanol–water partition coefficient (Wildman–Crippen LogP) is 3.34. The highest BCUT2D eigenvalue weighted by Gasteiger charge is 2.34. The molecule has 0 aliphatic carbocycles. The second-order valence-electron chi connectivity index (χ2n) is 8.16. The van der Waals surface area contributed by atoms with Crippen molar-refractivity contribution < 1.29 is 19.1 Å². The zero-order chi connectivity index (χ0) is 24.1. The first-order chi connectivity index (χ1) is 16.5. The van der Waals surface area contributed by atoms with Gasteiger partial charge in [-0.1, -0.05) is 29.8 Å². The number of nitrogens with one attached hydrogen (secondary N) is 2. The topological polar surface area (TPSA) is 83.1 Å². The molecule has 2 heterocycles. The molecule has 4 rings (SSSR count). The summed E-state index contributed by atoms with van der Waals surface area (Å²) in [6.07, 6.45) is 0. The fourth-order valence-corrected chi connectivity index (χ4v) is 4.51. The van der Waals surface area contributed by atoms with E-state index in [1.807, 2.05) is 55.5 Å². The van der Waals surface area contributed by atoms with Gasteiger partial charge in [0.2, 0.25) is 0 Å². The number of anilines is 1. The number of hydrogen-bond donors (Lipinski definition) is 2. The minimum atomic E-state index is -0.611. The third-order valence-corrected chi connectivity index (χ3v) is 6.25. The fourth-order valence-electron chi connectivity index (χ4n) is 4.33. The highest BCUT2D eigenvalue weighted by molar-refractivity contribution is 6.30. The number of rotatable bonds is 7. The first kappa shape index (κ1) is 23.9. The van der Waals surface area contributed by atoms with Crippen LogP contribution in [0.4, 0.5) is 10.5 Å². The van der Waals surface area contributed by atoms with E-state index >= 15 is 0 Å². The number of piperazine rings is 1. The van der Waals surface area contributed by atoms with Gasteiger partial charge in [-0.15, -0.1) is 0 Å². The van der Waals surface area contributed by atoms with Gasteiger partial charge in [-0.2, -0.15) is 0 Å². The van der Waals surface area contributed by atoms with Crippen LogP contribution < -0.4 is 20.3 Å². The Labute approximate surface area is 204 Å². The molecule has 34 heavy (non-hydrogen) atoms. The Morgan fingerprint density at radius 1 is 1.12 bits per heavy atom. The van der Waals surface area contributed by atoms with Crippen molar-refractivity contribution in [1.82, 2.24) is 15.5 Å². The van der Waals surface area contributed by atoms with Crippen LogP contribution in [0.3, 0.4) is 0 Å². The van der Waals surface area contributed by atoms with E-state index in [-0.39, 0.29) is 6.03 Å². The lowest BCUT2D eigenvalue weighted by Gasteiger charge is -2.38. The number of esters is 1. The van der Waals surface area contributed by atoms with E-state index < -0.39 is 12.0 Å². The Morgan fingerprint density at radius 3 is 2.50 bits per heavy atom. The van der Waals surface area contributed by atoms with Gasteiger partial charge >= 0.3 is 12.0 Å². The van der Waals surface area contributed by atoms with E-state index in [0.29, 0.717) is 29.4 Å². The molecule has 0 bridgehead atoms. The minimum Gasteiger partial charge on any atom is -0.494 e. The molecule has 0 spiro atoms. The van der Waals surface area contributed by atoms with E-state index in [2.05, 4.69) is 20.4 Å². The van der Waals surface area contributed by atoms with E-state index in [1.54, 1.807) is 0 Å². The number of hydrogen-bond acceptors (Lipinski definition) is 6. The van der Waals surface area contributed by atoms with Gasteiger partial charge in [0, 0.05) is 49.1 Å². The van der Waals surface area contributed by atoms with Gasteiger partial charge in [0.15, 0.2) is 0 Å². The van der Waals surface area contributed by atoms with Crippen molar-refractivity contribution in [3.05, 3.63) is 70.4 Å². The molecule has 2 aliphatic rings. The maximum Gasteiger partial charge on any atom is 0.338 e. The van der Waals surface area contributed by atoms with Crippen LogP contribution in [0, 0.1) is 0 Å². The number of ether oxygens (including phenoxy) is 2. The largest absolute Gasteiger partial charge is 0.494 e. The molecule has 2 aromatic rings. The highest BCUT2D eigenvalue weighted by atomic mass is 35.5. The third kappa shape index (κ3) is 5.46. The van der Waals surface area contributed by atoms with Gasteiger partial charge in [0.1, 0.15) is 5.75 Å². The molecule has 2 amide bonds. The Balaban J connectivity index is 1.53. The third-order valence-electron chi connectivity index (χ3n) is 6.01. The molecule has 180 valence electrons. The van der Waals surface area contributed by atoms with Crippen LogP contribution in [0.15, 0.2) is 59.8 Å². The lowest BCUT2D eigenvalue weighted by atomic mass is 9.95. The summed E-state index contributed by atoms with van der Waals surface area (Å²) in [4.78, 5) is 29.8. The van der Waals surface area contributed by atoms with Crippen LogP contribution in [0.2, 0.25) is 5.02 Å². The summed E-state index contributed by atoms with van der Waals surface area (Å²) >= 11 is 6.14. The Morgan fingerprint density at radius 2 is 1.85 bits per heavy atom. The molecule has 0 unspecified atom stereocenters. The molecule has 0 saturated carbocycles. The summed E-state index contributed by atoms with van der Waals surface area (Å²) < 4.78 is 10.6. The van der Waals surface area contributed by atoms with Gasteiger partial charge in [-0.05, 0) is 42.8 Å². The van der Waals surface area contributed by atoms with E-state index in [9.17, 15) is 9.59 Å². The van der Waals surface area contributed by atoms with Crippen LogP contribution in [0.25, 0.3) is 0 Å². The van der Waals surface area contributed by atoms with Gasteiger partial charge in [0.05, 0.1) is 25.3 Å². The number of urea groups is 1. The summed E-state index contributed by atoms with van der Waals surface area (Å²) in [5.74, 6) is 0.256. The lowest BCUT2D eigenvalue weighted by molar-refractivity contribution is -0.136. The van der Waals surface area contributed by atoms with Crippen molar-refractivity contribution in [3.8, 4) is 5.75 Å². The number of benzene rings is 2. The number of nitrogens with zero attached hydrogens (tertiary/aromatic N) is 2. The summed E-state index contributed by atoms with van der Waals surface area (Å²) in [5, 5.41) is 6.42. The zero-order valence-electron chi connectivity index (χ0n) is 19.3. The summed E-state index contributed by atoms with van der Waals surface area (Å²) in [6, 6.07) is 14.2. The molecule has 0 radical (unpaired) electrons. The van der Waals surface area contributed by atoms with Crippen molar-refractivity contribution in [2.24, 2.45) is 0 Å². The van der Waals surface area contributed by atoms with E-state index in [1.165, 1.54) is 7.11 Å². The number of methoxy groups -OCH3 is 1. The highest BCUT2D eigenvalue weighted by Crippen LogP contribution is 2.30. The van der Waals surface area contributed by atoms with Crippen molar-refractivity contribution >= 4 is 29.3 Å². The van der Waals surface area contributed by atoms with Crippen molar-refractivity contribution in [2.75, 3.05) is 51.3 Å². The number of carbonyl (C=O) groups excluding carboxylic acids is 2. The number of amides is 2. The van der Waals surface area contributed by atoms with Crippen molar-refractivity contribution in [2.45, 2.75) is 13.0 Å². The van der Waals surface area contributed by atoms with Crippen molar-refractivity contribution in [1.29, 1.82) is 0 Å². The van der Waals surface area contributed by atoms with Gasteiger partial charge < -0.3 is 25.0 Å². The molecule has 2 N–H and O–H groups in total. The standard InChI is InChI=1S/C25H29ClN4O4/c1-3-34-20-9-7-17(8-10-20)23-22(24(31)33-2)21(27-25(32)28-23)16-29-11-13-30(14-12-29)19-6-4-5-18(26)15-19/h4-10,15,23H,3,11-14,16H2,1-2H3,(H2,27,28,32)/t23-/m0/s1. The maximum atomic E-state index is 12.8. The normalized spacial score (nSPS) is 18.9. The first-order valence-corrected chi connectivity index (χ1v) is 11.7. The SMILES string of the molecule is CCOc1ccc([C@@H]2NC(=O)NC(CN3CCN(c4cccc(Cl)c4)CC3)=C2C(=O)OC)cc1. The van der Waals surface area contributed by atoms with Crippen LogP contribution >= 0.6 is 11.6 Å². The molecule has 1 saturated heterocycles. The average molecular weight is 485 g/mol. The monoisotopic (exact) mass is 484 g/mol. The molecule has 2 aliphatic heterocycles. The summed E-state index contributed by atoms with van der Waals surface area (Å²) in [7, 11) is 1.35. The second kappa shape index (κ2) is 10.8. The fraction of sp³-hybridized carbons (Fsp3) is 0.360. The van der Waals surface area contributed by atoms with Gasteiger partial charge in [-0.25, -0.2) is 9.59 Å². The molecular formula is C25H29ClN4O4. The summed E-state index contributed by atoms with van der Waals surface area (Å²) in [6.45, 7) is 6.11. The number of halogens is 1. The van der Waals surface area contributed by atoms with Crippen molar-refractivity contribution in [3.63, 3.8) is 0 Å². The minimum absolute atomic E-state index is 0.348. The quantitative estimate of drug-likeness (QED) is 0.586. The molecular weight excluding hydrogens is 456 g/mol. The van der Waals surface area contributed by atoms with Crippen LogP contribution in [-0.4, -0.2) is 63.3 Å². The zero-order valence-corrected chi connectivity index (χ0v) is 20.1. The molecule has 1 fully saturated rings. The Kier molecular flexibility index (Phi) is 7.59. The smallest absolute Gasteiger partial charge is 0.338 e. The van der Waals surface area contributed by atoms with Crippen LogP contribution in [0.5, 0.6) is 5.75 Å². The second-order valence-corrected chi connectivity index (χ2v) is 8.60. The van der Waals surface area contributed by atoms with Gasteiger partial charge in [0.25, 0.3) is 0 Å². The molecule has 9 heteroatoms. The van der Waals surface area contributed by atoms with Gasteiger partial charge in [-0.3, -0.25) is 4.90 Å². The first-order valence-electron chi connectivity index (χ1n) is 11.3. The van der Waals surface area contributed by atoms with E-state index in [0.717, 1.165) is 43.2 Å². The predicted molar refractivity (Wildman–Crippen MR) is 131 cm³/mol. The Hall–Kier alpha value is -3.23.